The van der Waals surface area contributed by atoms with E-state index in [1.165, 1.54) is 11.9 Å². The van der Waals surface area contributed by atoms with E-state index >= 15 is 0 Å². The van der Waals surface area contributed by atoms with Crippen LogP contribution in [-0.4, -0.2) is 18.6 Å². The van der Waals surface area contributed by atoms with Crippen molar-refractivity contribution in [3.8, 4) is 5.75 Å². The van der Waals surface area contributed by atoms with Gasteiger partial charge in [-0.2, -0.15) is 0 Å². The Morgan fingerprint density at radius 3 is 2.38 bits per heavy atom. The van der Waals surface area contributed by atoms with Gasteiger partial charge in [0.15, 0.2) is 0 Å². The van der Waals surface area contributed by atoms with Gasteiger partial charge in [-0.3, -0.25) is 4.79 Å². The fourth-order valence-electron chi connectivity index (χ4n) is 2.97. The van der Waals surface area contributed by atoms with Gasteiger partial charge in [-0.15, -0.1) is 0 Å². The summed E-state index contributed by atoms with van der Waals surface area (Å²) in [6.45, 7) is 0. The van der Waals surface area contributed by atoms with Gasteiger partial charge in [0.25, 0.3) is 0 Å². The third kappa shape index (κ3) is 4.28. The lowest BCUT2D eigenvalue weighted by molar-refractivity contribution is 0.106. The van der Waals surface area contributed by atoms with Crippen molar-refractivity contribution in [3.05, 3.63) is 94.5 Å². The highest BCUT2D eigenvalue weighted by Crippen LogP contribution is 2.31. The predicted molar refractivity (Wildman–Crippen MR) is 122 cm³/mol. The van der Waals surface area contributed by atoms with Crippen LogP contribution in [0.15, 0.2) is 93.2 Å². The number of aliphatic imine (C=N–C) groups is 1. The van der Waals surface area contributed by atoms with Gasteiger partial charge in [-0.05, 0) is 54.4 Å². The molecule has 3 aromatic carbocycles. The van der Waals surface area contributed by atoms with Crippen molar-refractivity contribution < 1.29 is 9.53 Å². The maximum absolute atomic E-state index is 13.0. The molecule has 0 aromatic heterocycles. The van der Waals surface area contributed by atoms with E-state index in [1.807, 2.05) is 72.8 Å². The summed E-state index contributed by atoms with van der Waals surface area (Å²) in [5.74, 6) is 0.518. The van der Waals surface area contributed by atoms with Crippen LogP contribution < -0.4 is 9.46 Å². The van der Waals surface area contributed by atoms with Gasteiger partial charge in [-0.25, -0.2) is 4.99 Å². The van der Waals surface area contributed by atoms with Crippen molar-refractivity contribution in [2.75, 3.05) is 7.11 Å². The number of carbonyl (C=O) groups excluding carboxylic acids is 1. The molecule has 0 spiro atoms. The molecule has 0 bridgehead atoms. The molecule has 0 atom stereocenters. The fraction of sp³-hybridized carbons (Fsp3) is 0.0435. The van der Waals surface area contributed by atoms with Crippen LogP contribution in [0.3, 0.4) is 0 Å². The number of hydrogen-bond acceptors (Lipinski definition) is 5. The van der Waals surface area contributed by atoms with Crippen LogP contribution in [0, 0.1) is 0 Å². The number of nitrogens with one attached hydrogen (secondary N) is 1. The number of methoxy groups -OCH3 is 1. The number of hydrogen-bond donors (Lipinski definition) is 1. The Kier molecular flexibility index (Phi) is 5.83. The number of nitrogens with zero attached hydrogens (tertiary/aromatic N) is 1. The minimum atomic E-state index is -0.106. The number of benzene rings is 3. The standard InChI is InChI=1S/C23H17BrN2O2S/c1-28-22-9-5-4-8-19(22)25-21-14-20(17-6-2-3-7-18(17)23(21)27)26-29-16-12-10-15(24)11-13-16/h2-14,26H,1H3. The smallest absolute Gasteiger partial charge is 0.212 e. The van der Waals surface area contributed by atoms with Crippen molar-refractivity contribution in [2.24, 2.45) is 4.99 Å². The fourth-order valence-corrected chi connectivity index (χ4v) is 3.90. The first kappa shape index (κ1) is 19.5. The third-order valence-electron chi connectivity index (χ3n) is 4.39. The molecule has 0 radical (unpaired) electrons. The SMILES string of the molecule is COc1ccccc1N=C1C=C(NSc2ccc(Br)cc2)c2ccccc2C1=O. The summed E-state index contributed by atoms with van der Waals surface area (Å²) in [7, 11) is 1.59. The zero-order valence-corrected chi connectivity index (χ0v) is 18.0. The molecule has 6 heteroatoms. The highest BCUT2D eigenvalue weighted by Gasteiger charge is 2.24. The average Bonchev–Trinajstić information content (AvgIpc) is 2.76. The van der Waals surface area contributed by atoms with E-state index < -0.39 is 0 Å². The van der Waals surface area contributed by atoms with Crippen molar-refractivity contribution in [2.45, 2.75) is 4.90 Å². The number of para-hydroxylation sites is 2. The number of Topliss-reactive ketones (excluding diaryl/α,β-unsaturated/α-hetero) is 1. The summed E-state index contributed by atoms with van der Waals surface area (Å²) in [5.41, 5.74) is 3.31. The Morgan fingerprint density at radius 2 is 1.62 bits per heavy atom. The number of halogens is 1. The number of carbonyl (C=O) groups is 1. The Balaban J connectivity index is 1.71. The topological polar surface area (TPSA) is 50.7 Å². The zero-order valence-electron chi connectivity index (χ0n) is 15.6. The second-order valence-electron chi connectivity index (χ2n) is 6.26. The molecule has 0 aliphatic heterocycles. The molecule has 0 saturated heterocycles. The maximum Gasteiger partial charge on any atom is 0.212 e. The Bertz CT molecular complexity index is 1120. The van der Waals surface area contributed by atoms with Crippen molar-refractivity contribution in [1.82, 2.24) is 4.72 Å². The molecular weight excluding hydrogens is 448 g/mol. The van der Waals surface area contributed by atoms with Crippen LogP contribution >= 0.6 is 27.9 Å². The number of ketones is 1. The average molecular weight is 465 g/mol. The van der Waals surface area contributed by atoms with Crippen LogP contribution in [-0.2, 0) is 0 Å². The van der Waals surface area contributed by atoms with E-state index in [4.69, 9.17) is 4.74 Å². The van der Waals surface area contributed by atoms with Gasteiger partial charge >= 0.3 is 0 Å². The van der Waals surface area contributed by atoms with Crippen LogP contribution in [0.25, 0.3) is 5.70 Å². The lowest BCUT2D eigenvalue weighted by Crippen LogP contribution is -2.22. The molecule has 0 fully saturated rings. The van der Waals surface area contributed by atoms with Gasteiger partial charge in [0.2, 0.25) is 5.78 Å². The van der Waals surface area contributed by atoms with E-state index in [2.05, 4.69) is 25.6 Å². The first-order chi connectivity index (χ1) is 14.2. The Morgan fingerprint density at radius 1 is 0.931 bits per heavy atom. The molecule has 29 heavy (non-hydrogen) atoms. The third-order valence-corrected chi connectivity index (χ3v) is 5.75. The van der Waals surface area contributed by atoms with Crippen molar-refractivity contribution in [3.63, 3.8) is 0 Å². The maximum atomic E-state index is 13.0. The van der Waals surface area contributed by atoms with E-state index in [0.29, 0.717) is 22.7 Å². The Labute approximate surface area is 182 Å². The minimum Gasteiger partial charge on any atom is -0.494 e. The first-order valence-corrected chi connectivity index (χ1v) is 10.5. The quantitative estimate of drug-likeness (QED) is 0.465. The van der Waals surface area contributed by atoms with E-state index in [1.54, 1.807) is 13.2 Å². The second kappa shape index (κ2) is 8.68. The summed E-state index contributed by atoms with van der Waals surface area (Å²) < 4.78 is 9.78. The van der Waals surface area contributed by atoms with Gasteiger partial charge in [0, 0.05) is 20.5 Å². The largest absolute Gasteiger partial charge is 0.494 e. The van der Waals surface area contributed by atoms with Crippen LogP contribution in [0.4, 0.5) is 5.69 Å². The molecule has 0 saturated carbocycles. The monoisotopic (exact) mass is 464 g/mol. The predicted octanol–water partition coefficient (Wildman–Crippen LogP) is 6.06. The van der Waals surface area contributed by atoms with Crippen molar-refractivity contribution in [1.29, 1.82) is 0 Å². The lowest BCUT2D eigenvalue weighted by Gasteiger charge is -2.19. The van der Waals surface area contributed by atoms with Crippen LogP contribution in [0.1, 0.15) is 15.9 Å². The summed E-state index contributed by atoms with van der Waals surface area (Å²) >= 11 is 4.93. The van der Waals surface area contributed by atoms with Gasteiger partial charge < -0.3 is 9.46 Å². The second-order valence-corrected chi connectivity index (χ2v) is 8.05. The number of ether oxygens (including phenoxy) is 1. The summed E-state index contributed by atoms with van der Waals surface area (Å²) in [5, 5.41) is 0. The number of fused-ring (bicyclic) bond motifs is 1. The summed E-state index contributed by atoms with van der Waals surface area (Å²) in [6.07, 6.45) is 1.79. The number of rotatable bonds is 5. The van der Waals surface area contributed by atoms with Gasteiger partial charge in [-0.1, -0.05) is 52.3 Å². The van der Waals surface area contributed by atoms with E-state index in [0.717, 1.165) is 20.6 Å². The Hall–Kier alpha value is -2.83. The van der Waals surface area contributed by atoms with E-state index in [-0.39, 0.29) is 5.78 Å². The highest BCUT2D eigenvalue weighted by atomic mass is 79.9. The molecular formula is C23H17BrN2O2S. The molecule has 0 heterocycles. The van der Waals surface area contributed by atoms with Crippen LogP contribution in [0.5, 0.6) is 5.75 Å². The minimum absolute atomic E-state index is 0.106. The molecule has 0 unspecified atom stereocenters. The van der Waals surface area contributed by atoms with Crippen molar-refractivity contribution >= 4 is 50.8 Å². The molecule has 4 nitrogen and oxygen atoms in total. The van der Waals surface area contributed by atoms with Gasteiger partial charge in [0.05, 0.1) is 12.8 Å². The molecule has 3 aromatic rings. The summed E-state index contributed by atoms with van der Waals surface area (Å²) in [6, 6.07) is 23.0. The number of allylic oxidation sites excluding steroid dienone is 1. The van der Waals surface area contributed by atoms with Crippen LogP contribution in [0.2, 0.25) is 0 Å². The molecule has 144 valence electrons. The molecule has 0 amide bonds. The molecule has 1 aliphatic rings. The molecule has 4 rings (SSSR count). The zero-order chi connectivity index (χ0) is 20.2. The first-order valence-electron chi connectivity index (χ1n) is 8.91. The summed E-state index contributed by atoms with van der Waals surface area (Å²) in [4.78, 5) is 18.7. The molecule has 1 N–H and O–H groups in total. The lowest BCUT2D eigenvalue weighted by atomic mass is 9.92. The normalized spacial score (nSPS) is 14.3. The molecule has 1 aliphatic carbocycles. The van der Waals surface area contributed by atoms with Gasteiger partial charge in [0.1, 0.15) is 17.1 Å². The highest BCUT2D eigenvalue weighted by molar-refractivity contribution is 9.10. The van der Waals surface area contributed by atoms with E-state index in [9.17, 15) is 4.79 Å².